The maximum absolute atomic E-state index is 12.8. The molecule has 1 N–H and O–H groups in total. The summed E-state index contributed by atoms with van der Waals surface area (Å²) in [4.78, 5) is 44.6. The number of alkyl carbamates (subject to hydrolysis) is 1. The number of amides is 2. The normalized spacial score (nSPS) is 16.2. The number of carbonyl (C=O) groups excluding carboxylic acids is 2. The van der Waals surface area contributed by atoms with Crippen LogP contribution in [0.3, 0.4) is 0 Å². The molecule has 11 heteroatoms. The summed E-state index contributed by atoms with van der Waals surface area (Å²) in [6, 6.07) is 7.09. The molecule has 11 nitrogen and oxygen atoms in total. The molecule has 2 amide bonds. The van der Waals surface area contributed by atoms with Gasteiger partial charge in [0.15, 0.2) is 5.82 Å². The fourth-order valence-electron chi connectivity index (χ4n) is 4.17. The van der Waals surface area contributed by atoms with E-state index in [1.165, 1.54) is 0 Å². The second kappa shape index (κ2) is 9.57. The van der Waals surface area contributed by atoms with E-state index in [4.69, 9.17) is 9.72 Å². The number of rotatable bonds is 4. The second-order valence-corrected chi connectivity index (χ2v) is 9.97. The van der Waals surface area contributed by atoms with E-state index in [1.807, 2.05) is 45.9 Å². The molecule has 0 aromatic carbocycles. The monoisotopic (exact) mass is 500 g/mol. The number of carbonyl (C=O) groups is 2. The fraction of sp³-hybridized carbons (Fsp3) is 0.346. The summed E-state index contributed by atoms with van der Waals surface area (Å²) in [5.41, 5.74) is 2.33. The largest absolute Gasteiger partial charge is 0.444 e. The molecule has 5 rings (SSSR count). The van der Waals surface area contributed by atoms with Crippen molar-refractivity contribution in [2.75, 3.05) is 11.4 Å². The van der Waals surface area contributed by atoms with E-state index in [9.17, 15) is 9.59 Å². The van der Waals surface area contributed by atoms with Gasteiger partial charge in [0.2, 0.25) is 5.91 Å². The molecule has 0 spiro atoms. The molecular formula is C26H28N8O3. The number of aryl methyl sites for hydroxylation is 1. The van der Waals surface area contributed by atoms with Crippen LogP contribution in [0, 0.1) is 6.92 Å². The first kappa shape index (κ1) is 24.3. The minimum absolute atomic E-state index is 0.0540. The van der Waals surface area contributed by atoms with Crippen molar-refractivity contribution in [1.29, 1.82) is 0 Å². The van der Waals surface area contributed by atoms with Crippen LogP contribution in [0.15, 0.2) is 49.1 Å². The Morgan fingerprint density at radius 2 is 1.89 bits per heavy atom. The van der Waals surface area contributed by atoms with E-state index in [0.29, 0.717) is 42.4 Å². The quantitative estimate of drug-likeness (QED) is 0.450. The highest BCUT2D eigenvalue weighted by molar-refractivity contribution is 5.93. The Labute approximate surface area is 213 Å². The van der Waals surface area contributed by atoms with Gasteiger partial charge in [0, 0.05) is 30.7 Å². The molecule has 0 saturated carbocycles. The van der Waals surface area contributed by atoms with Crippen LogP contribution in [0.5, 0.6) is 0 Å². The van der Waals surface area contributed by atoms with Gasteiger partial charge in [-0.05, 0) is 52.3 Å². The minimum Gasteiger partial charge on any atom is -0.444 e. The fourth-order valence-corrected chi connectivity index (χ4v) is 4.17. The van der Waals surface area contributed by atoms with Crippen molar-refractivity contribution < 1.29 is 14.3 Å². The summed E-state index contributed by atoms with van der Waals surface area (Å²) >= 11 is 0. The van der Waals surface area contributed by atoms with Crippen molar-refractivity contribution in [2.45, 2.75) is 52.2 Å². The minimum atomic E-state index is -0.599. The van der Waals surface area contributed by atoms with Gasteiger partial charge in [-0.1, -0.05) is 6.07 Å². The molecule has 0 aliphatic carbocycles. The molecule has 1 fully saturated rings. The van der Waals surface area contributed by atoms with Crippen LogP contribution in [-0.4, -0.2) is 59.9 Å². The van der Waals surface area contributed by atoms with Crippen LogP contribution in [0.4, 0.5) is 10.6 Å². The van der Waals surface area contributed by atoms with E-state index in [-0.39, 0.29) is 11.9 Å². The number of hydrogen-bond donors (Lipinski definition) is 1. The lowest BCUT2D eigenvalue weighted by atomic mass is 10.1. The Balaban J connectivity index is 1.42. The molecule has 190 valence electrons. The zero-order valence-corrected chi connectivity index (χ0v) is 21.2. The van der Waals surface area contributed by atoms with Gasteiger partial charge in [-0.3, -0.25) is 19.7 Å². The molecule has 1 aliphatic rings. The zero-order chi connectivity index (χ0) is 26.2. The van der Waals surface area contributed by atoms with E-state index in [0.717, 1.165) is 16.6 Å². The third-order valence-electron chi connectivity index (χ3n) is 5.81. The first-order chi connectivity index (χ1) is 17.7. The summed E-state index contributed by atoms with van der Waals surface area (Å²) in [7, 11) is 0. The average molecular weight is 501 g/mol. The van der Waals surface area contributed by atoms with E-state index in [2.05, 4.69) is 25.4 Å². The maximum Gasteiger partial charge on any atom is 0.407 e. The first-order valence-electron chi connectivity index (χ1n) is 12.1. The summed E-state index contributed by atoms with van der Waals surface area (Å²) in [6.07, 6.45) is 7.15. The van der Waals surface area contributed by atoms with Crippen LogP contribution in [0.2, 0.25) is 0 Å². The maximum atomic E-state index is 12.8. The molecule has 1 aliphatic heterocycles. The second-order valence-electron chi connectivity index (χ2n) is 9.97. The molecular weight excluding hydrogens is 472 g/mol. The predicted molar refractivity (Wildman–Crippen MR) is 137 cm³/mol. The Morgan fingerprint density at radius 3 is 2.68 bits per heavy atom. The van der Waals surface area contributed by atoms with Crippen LogP contribution < -0.4 is 10.2 Å². The molecule has 4 aromatic rings. The van der Waals surface area contributed by atoms with Gasteiger partial charge in [-0.2, -0.15) is 5.10 Å². The highest BCUT2D eigenvalue weighted by atomic mass is 16.6. The Kier molecular flexibility index (Phi) is 6.28. The standard InChI is InChI=1S/C26H28N8O3/c1-16-11-27-14-20(30-16)19-10-21-17(12-28-19)13-29-34(21)23-7-5-6-22(32-23)33-15-18(8-9-24(33)35)31-25(36)37-26(2,3)4/h5-7,10-14,18H,8-9,15H2,1-4H3,(H,31,36). The van der Waals surface area contributed by atoms with Crippen molar-refractivity contribution in [3.63, 3.8) is 0 Å². The van der Waals surface area contributed by atoms with Gasteiger partial charge in [-0.25, -0.2) is 19.4 Å². The van der Waals surface area contributed by atoms with Crippen LogP contribution in [-0.2, 0) is 9.53 Å². The Morgan fingerprint density at radius 1 is 1.08 bits per heavy atom. The van der Waals surface area contributed by atoms with E-state index < -0.39 is 11.7 Å². The van der Waals surface area contributed by atoms with Gasteiger partial charge in [0.05, 0.1) is 35.3 Å². The molecule has 37 heavy (non-hydrogen) atoms. The van der Waals surface area contributed by atoms with Crippen molar-refractivity contribution >= 4 is 28.7 Å². The Hall–Kier alpha value is -4.41. The van der Waals surface area contributed by atoms with Crippen molar-refractivity contribution in [3.05, 3.63) is 54.7 Å². The van der Waals surface area contributed by atoms with Crippen molar-refractivity contribution in [3.8, 4) is 17.2 Å². The summed E-state index contributed by atoms with van der Waals surface area (Å²) in [6.45, 7) is 7.61. The molecule has 1 saturated heterocycles. The highest BCUT2D eigenvalue weighted by Gasteiger charge is 2.30. The third-order valence-corrected chi connectivity index (χ3v) is 5.81. The number of anilines is 1. The molecule has 0 bridgehead atoms. The number of piperidine rings is 1. The van der Waals surface area contributed by atoms with Gasteiger partial charge in [0.1, 0.15) is 17.1 Å². The lowest BCUT2D eigenvalue weighted by molar-refractivity contribution is -0.119. The number of nitrogens with zero attached hydrogens (tertiary/aromatic N) is 7. The average Bonchev–Trinajstić information content (AvgIpc) is 3.27. The number of nitrogens with one attached hydrogen (secondary N) is 1. The number of aromatic nitrogens is 6. The van der Waals surface area contributed by atoms with Gasteiger partial charge in [-0.15, -0.1) is 0 Å². The lowest BCUT2D eigenvalue weighted by Crippen LogP contribution is -2.51. The molecule has 1 unspecified atom stereocenters. The topological polar surface area (TPSA) is 128 Å². The summed E-state index contributed by atoms with van der Waals surface area (Å²) < 4.78 is 7.08. The molecule has 4 aromatic heterocycles. The third kappa shape index (κ3) is 5.40. The number of hydrogen-bond acceptors (Lipinski definition) is 8. The van der Waals surface area contributed by atoms with Gasteiger partial charge in [0.25, 0.3) is 0 Å². The van der Waals surface area contributed by atoms with Crippen LogP contribution in [0.1, 0.15) is 39.3 Å². The molecule has 0 radical (unpaired) electrons. The number of pyridine rings is 2. The van der Waals surface area contributed by atoms with Gasteiger partial charge < -0.3 is 10.1 Å². The molecule has 1 atom stereocenters. The number of ether oxygens (including phenoxy) is 1. The lowest BCUT2D eigenvalue weighted by Gasteiger charge is -2.33. The summed E-state index contributed by atoms with van der Waals surface area (Å²) in [5, 5.41) is 8.22. The van der Waals surface area contributed by atoms with E-state index in [1.54, 1.807) is 40.4 Å². The number of fused-ring (bicyclic) bond motifs is 1. The predicted octanol–water partition coefficient (Wildman–Crippen LogP) is 3.60. The zero-order valence-electron chi connectivity index (χ0n) is 21.2. The smallest absolute Gasteiger partial charge is 0.407 e. The van der Waals surface area contributed by atoms with E-state index >= 15 is 0 Å². The van der Waals surface area contributed by atoms with Crippen molar-refractivity contribution in [1.82, 2.24) is 35.0 Å². The SMILES string of the molecule is Cc1cncc(-c2cc3c(cn2)cnn3-c2cccc(N3CC(NC(=O)OC(C)(C)C)CCC3=O)n2)n1. The first-order valence-corrected chi connectivity index (χ1v) is 12.1. The summed E-state index contributed by atoms with van der Waals surface area (Å²) in [5.74, 6) is 0.984. The highest BCUT2D eigenvalue weighted by Crippen LogP contribution is 2.25. The van der Waals surface area contributed by atoms with Crippen LogP contribution in [0.25, 0.3) is 28.1 Å². The van der Waals surface area contributed by atoms with Crippen LogP contribution >= 0.6 is 0 Å². The van der Waals surface area contributed by atoms with Crippen molar-refractivity contribution in [2.24, 2.45) is 0 Å². The molecule has 5 heterocycles. The van der Waals surface area contributed by atoms with Gasteiger partial charge >= 0.3 is 6.09 Å². The Bertz CT molecular complexity index is 1480.